The number of nitrogens with zero attached hydrogens (tertiary/aromatic N) is 3. The molecule has 1 aromatic heterocycles. The zero-order valence-corrected chi connectivity index (χ0v) is 24.5. The number of benzene rings is 2. The van der Waals surface area contributed by atoms with Crippen molar-refractivity contribution < 1.29 is 36.6 Å². The second-order valence-electron chi connectivity index (χ2n) is 12.0. The van der Waals surface area contributed by atoms with Gasteiger partial charge in [-0.1, -0.05) is 20.8 Å². The van der Waals surface area contributed by atoms with Crippen LogP contribution in [0.5, 0.6) is 5.75 Å². The molecule has 1 heterocycles. The Balaban J connectivity index is 1.72. The number of ether oxygens (including phenoxy) is 2. The second-order valence-corrected chi connectivity index (χ2v) is 12.0. The number of aromatic nitrogens is 2. The van der Waals surface area contributed by atoms with Gasteiger partial charge in [0.15, 0.2) is 0 Å². The van der Waals surface area contributed by atoms with Gasteiger partial charge < -0.3 is 24.3 Å². The number of nitrogens with one attached hydrogen (secondary N) is 1. The van der Waals surface area contributed by atoms with Crippen molar-refractivity contribution in [3.05, 3.63) is 47.8 Å². The molecule has 0 saturated heterocycles. The molecule has 8 nitrogen and oxygen atoms in total. The number of amides is 1. The Hall–Kier alpha value is -3.83. The summed E-state index contributed by atoms with van der Waals surface area (Å²) in [6.45, 7) is 8.68. The van der Waals surface area contributed by atoms with E-state index in [-0.39, 0.29) is 22.6 Å². The summed E-state index contributed by atoms with van der Waals surface area (Å²) in [5.74, 6) is -1.37. The highest BCUT2D eigenvalue weighted by Gasteiger charge is 2.34. The molecule has 3 atom stereocenters. The molecule has 228 valence electrons. The molecule has 0 spiro atoms. The fraction of sp³-hybridized carbons (Fsp3) is 0.500. The number of fused-ring (bicyclic) bond motifs is 1. The van der Waals surface area contributed by atoms with Gasteiger partial charge in [0.05, 0.1) is 23.7 Å². The first-order chi connectivity index (χ1) is 19.6. The van der Waals surface area contributed by atoms with Crippen LogP contribution in [0.1, 0.15) is 57.3 Å². The normalized spacial score (nSPS) is 19.3. The monoisotopic (exact) mass is 592 g/mol. The minimum atomic E-state index is -4.81. The van der Waals surface area contributed by atoms with E-state index in [9.17, 15) is 22.8 Å². The van der Waals surface area contributed by atoms with E-state index in [1.54, 1.807) is 0 Å². The van der Waals surface area contributed by atoms with Gasteiger partial charge in [-0.05, 0) is 73.8 Å². The molecule has 0 aliphatic heterocycles. The molecule has 1 aliphatic carbocycles. The van der Waals surface area contributed by atoms with Gasteiger partial charge in [-0.3, -0.25) is 4.79 Å². The number of halogens is 4. The molecule has 4 rings (SSSR count). The van der Waals surface area contributed by atoms with Crippen LogP contribution >= 0.6 is 0 Å². The van der Waals surface area contributed by atoms with Crippen LogP contribution in [0, 0.1) is 23.1 Å². The molecule has 0 radical (unpaired) electrons. The quantitative estimate of drug-likeness (QED) is 0.226. The molecule has 3 aromatic rings. The Morgan fingerprint density at radius 3 is 2.45 bits per heavy atom. The zero-order chi connectivity index (χ0) is 31.0. The van der Waals surface area contributed by atoms with Crippen LogP contribution in [0.4, 0.5) is 29.2 Å². The van der Waals surface area contributed by atoms with Crippen molar-refractivity contribution in [2.24, 2.45) is 17.3 Å². The van der Waals surface area contributed by atoms with E-state index in [0.717, 1.165) is 24.2 Å². The van der Waals surface area contributed by atoms with Crippen molar-refractivity contribution >= 4 is 34.5 Å². The Bertz CT molecular complexity index is 1450. The number of hydrogen-bond donors (Lipinski definition) is 1. The Morgan fingerprint density at radius 1 is 1.19 bits per heavy atom. The summed E-state index contributed by atoms with van der Waals surface area (Å²) in [4.78, 5) is 30.9. The first-order valence-corrected chi connectivity index (χ1v) is 13.7. The molecular weight excluding hydrogens is 556 g/mol. The largest absolute Gasteiger partial charge is 0.573 e. The maximum atomic E-state index is 15.5. The average Bonchev–Trinajstić information content (AvgIpc) is 3.20. The second kappa shape index (κ2) is 11.8. The summed E-state index contributed by atoms with van der Waals surface area (Å²) in [6, 6.07) is 6.89. The molecule has 0 unspecified atom stereocenters. The molecule has 1 N–H and O–H groups in total. The van der Waals surface area contributed by atoms with Crippen molar-refractivity contribution in [1.29, 1.82) is 0 Å². The number of esters is 1. The van der Waals surface area contributed by atoms with Crippen LogP contribution in [0.25, 0.3) is 11.0 Å². The van der Waals surface area contributed by atoms with Gasteiger partial charge in [0, 0.05) is 25.3 Å². The maximum absolute atomic E-state index is 15.5. The summed E-state index contributed by atoms with van der Waals surface area (Å²) >= 11 is 0. The van der Waals surface area contributed by atoms with Gasteiger partial charge in [0.25, 0.3) is 5.91 Å². The smallest absolute Gasteiger partial charge is 0.467 e. The predicted molar refractivity (Wildman–Crippen MR) is 150 cm³/mol. The number of likely N-dealkylation sites (N-methyl/N-ethyl adjacent to an activating group) is 1. The average molecular weight is 593 g/mol. The van der Waals surface area contributed by atoms with Crippen LogP contribution in [0.3, 0.4) is 0 Å². The van der Waals surface area contributed by atoms with Crippen molar-refractivity contribution in [3.8, 4) is 5.75 Å². The van der Waals surface area contributed by atoms with Crippen LogP contribution in [-0.2, 0) is 16.1 Å². The van der Waals surface area contributed by atoms with Crippen molar-refractivity contribution in [2.75, 3.05) is 19.5 Å². The minimum absolute atomic E-state index is 0.131. The first kappa shape index (κ1) is 31.1. The summed E-state index contributed by atoms with van der Waals surface area (Å²) in [6.07, 6.45) is -1.78. The summed E-state index contributed by atoms with van der Waals surface area (Å²) < 4.78 is 63.8. The van der Waals surface area contributed by atoms with Crippen LogP contribution in [0.15, 0.2) is 36.4 Å². The lowest BCUT2D eigenvalue weighted by atomic mass is 9.68. The van der Waals surface area contributed by atoms with Crippen LogP contribution in [-0.4, -0.2) is 52.9 Å². The number of carbonyl (C=O) groups excluding carboxylic acids is 2. The van der Waals surface area contributed by atoms with E-state index < -0.39 is 30.1 Å². The molecule has 2 aromatic carbocycles. The Kier molecular flexibility index (Phi) is 8.75. The number of carbonyl (C=O) groups is 2. The summed E-state index contributed by atoms with van der Waals surface area (Å²) in [7, 11) is 2.59. The molecule has 42 heavy (non-hydrogen) atoms. The highest BCUT2D eigenvalue weighted by atomic mass is 19.4. The van der Waals surface area contributed by atoms with Gasteiger partial charge in [0.1, 0.15) is 17.6 Å². The third-order valence-corrected chi connectivity index (χ3v) is 7.77. The van der Waals surface area contributed by atoms with Crippen molar-refractivity contribution in [2.45, 2.75) is 65.9 Å². The van der Waals surface area contributed by atoms with E-state index in [1.165, 1.54) is 57.5 Å². The van der Waals surface area contributed by atoms with Crippen molar-refractivity contribution in [1.82, 2.24) is 14.5 Å². The van der Waals surface area contributed by atoms with Gasteiger partial charge in [-0.15, -0.1) is 13.2 Å². The third-order valence-electron chi connectivity index (χ3n) is 7.77. The van der Waals surface area contributed by atoms with Gasteiger partial charge in [0.2, 0.25) is 5.95 Å². The van der Waals surface area contributed by atoms with Gasteiger partial charge >= 0.3 is 12.3 Å². The van der Waals surface area contributed by atoms with E-state index in [1.807, 2.05) is 4.57 Å². The SMILES string of the molecule is COC(=O)[C@H](C)N(C)C(=O)c1cc2nc(Nc3ccc(OC(F)(F)F)cc3)n(C[C@@H]3C[C@H](C)CC(C)(C)C3)c2cc1F. The van der Waals surface area contributed by atoms with Gasteiger partial charge in [-0.2, -0.15) is 0 Å². The molecular formula is C30H36F4N4O4. The predicted octanol–water partition coefficient (Wildman–Crippen LogP) is 6.91. The highest BCUT2D eigenvalue weighted by molar-refractivity contribution is 5.99. The van der Waals surface area contributed by atoms with E-state index in [2.05, 4.69) is 35.8 Å². The fourth-order valence-electron chi connectivity index (χ4n) is 6.09. The first-order valence-electron chi connectivity index (χ1n) is 13.7. The lowest BCUT2D eigenvalue weighted by molar-refractivity contribution is -0.274. The number of imidazole rings is 1. The number of methoxy groups -OCH3 is 1. The number of anilines is 2. The van der Waals surface area contributed by atoms with Crippen LogP contribution in [0.2, 0.25) is 0 Å². The van der Waals surface area contributed by atoms with Crippen molar-refractivity contribution in [3.63, 3.8) is 0 Å². The molecule has 1 saturated carbocycles. The fourth-order valence-corrected chi connectivity index (χ4v) is 6.09. The third kappa shape index (κ3) is 7.14. The number of rotatable bonds is 8. The summed E-state index contributed by atoms with van der Waals surface area (Å²) in [5.41, 5.74) is 1.14. The number of alkyl halides is 3. The zero-order valence-electron chi connectivity index (χ0n) is 24.5. The molecule has 1 aliphatic rings. The molecule has 1 fully saturated rings. The van der Waals surface area contributed by atoms with E-state index in [0.29, 0.717) is 35.1 Å². The Labute approximate surface area is 242 Å². The van der Waals surface area contributed by atoms with E-state index in [4.69, 9.17) is 4.74 Å². The lowest BCUT2D eigenvalue weighted by Crippen LogP contribution is -2.41. The maximum Gasteiger partial charge on any atom is 0.573 e. The standard InChI is InChI=1S/C30H36F4N4O4/c1-17-11-19(15-29(3,4)14-17)16-38-25-13-23(31)22(26(39)37(5)18(2)27(40)41-6)12-24(25)36-28(38)35-20-7-9-21(10-8-20)42-30(32,33)34/h7-10,12-13,17-19H,11,14-16H2,1-6H3,(H,35,36)/t17-,18-,19+/m0/s1. The van der Waals surface area contributed by atoms with Crippen LogP contribution < -0.4 is 10.1 Å². The molecule has 0 bridgehead atoms. The molecule has 12 heteroatoms. The minimum Gasteiger partial charge on any atom is -0.467 e. The summed E-state index contributed by atoms with van der Waals surface area (Å²) in [5, 5.41) is 3.14. The van der Waals surface area contributed by atoms with Gasteiger partial charge in [-0.25, -0.2) is 14.2 Å². The topological polar surface area (TPSA) is 85.7 Å². The molecule has 1 amide bonds. The lowest BCUT2D eigenvalue weighted by Gasteiger charge is -2.39. The Morgan fingerprint density at radius 2 is 1.86 bits per heavy atom. The number of hydrogen-bond acceptors (Lipinski definition) is 6. The highest BCUT2D eigenvalue weighted by Crippen LogP contribution is 2.43. The van der Waals surface area contributed by atoms with E-state index >= 15 is 4.39 Å².